The second-order valence-electron chi connectivity index (χ2n) is 5.91. The van der Waals surface area contributed by atoms with Crippen LogP contribution in [-0.2, 0) is 0 Å². The normalized spacial score (nSPS) is 51.9. The molecule has 0 aromatic rings. The second-order valence-corrected chi connectivity index (χ2v) is 7.41. The molecule has 0 N–H and O–H groups in total. The molecule has 0 aromatic carbocycles. The van der Waals surface area contributed by atoms with Crippen LogP contribution in [0.3, 0.4) is 0 Å². The summed E-state index contributed by atoms with van der Waals surface area (Å²) in [5.41, 5.74) is 1.82. The molecule has 1 aliphatic carbocycles. The van der Waals surface area contributed by atoms with Crippen LogP contribution in [0.4, 0.5) is 0 Å². The maximum atomic E-state index is 2.53. The highest BCUT2D eigenvalue weighted by Crippen LogP contribution is 2.61. The molecule has 13 heavy (non-hydrogen) atoms. The van der Waals surface area contributed by atoms with Crippen molar-refractivity contribution in [3.05, 3.63) is 0 Å². The molecule has 76 valence electrons. The van der Waals surface area contributed by atoms with Crippen LogP contribution in [0.2, 0.25) is 0 Å². The minimum absolute atomic E-state index is 0.767. The van der Waals surface area contributed by atoms with Crippen molar-refractivity contribution < 1.29 is 0 Å². The lowest BCUT2D eigenvalue weighted by Crippen LogP contribution is -2.50. The van der Waals surface area contributed by atoms with Gasteiger partial charge in [-0.05, 0) is 47.8 Å². The Morgan fingerprint density at radius 2 is 2.08 bits per heavy atom. The first-order chi connectivity index (χ1) is 6.03. The van der Waals surface area contributed by atoms with E-state index < -0.39 is 0 Å². The van der Waals surface area contributed by atoms with Crippen LogP contribution in [0, 0.1) is 23.2 Å². The highest BCUT2D eigenvalue weighted by molar-refractivity contribution is 7.39. The van der Waals surface area contributed by atoms with Crippen molar-refractivity contribution in [2.24, 2.45) is 23.2 Å². The SMILES string of the molecule is CC(C)C1CC2C(C)CC2(C)CP1. The molecule has 2 rings (SSSR count). The molecule has 0 radical (unpaired) electrons. The Labute approximate surface area is 84.7 Å². The average molecular weight is 198 g/mol. The van der Waals surface area contributed by atoms with E-state index in [0.29, 0.717) is 0 Å². The Hall–Kier alpha value is 0.430. The number of rotatable bonds is 1. The Balaban J connectivity index is 2.00. The molecule has 0 amide bonds. The summed E-state index contributed by atoms with van der Waals surface area (Å²) >= 11 is 0. The van der Waals surface area contributed by atoms with Crippen molar-refractivity contribution in [3.8, 4) is 0 Å². The molecule has 0 bridgehead atoms. The smallest absolute Gasteiger partial charge is 0.0210 e. The van der Waals surface area contributed by atoms with Crippen LogP contribution in [0.25, 0.3) is 0 Å². The van der Waals surface area contributed by atoms with E-state index >= 15 is 0 Å². The zero-order chi connectivity index (χ0) is 9.64. The fourth-order valence-corrected chi connectivity index (χ4v) is 5.53. The molecule has 2 fully saturated rings. The minimum Gasteiger partial charge on any atom is -0.118 e. The van der Waals surface area contributed by atoms with Crippen LogP contribution in [0.15, 0.2) is 0 Å². The summed E-state index contributed by atoms with van der Waals surface area (Å²) in [5.74, 6) is 3.02. The highest BCUT2D eigenvalue weighted by Gasteiger charge is 2.51. The Morgan fingerprint density at radius 3 is 2.62 bits per heavy atom. The lowest BCUT2D eigenvalue weighted by Gasteiger charge is -2.57. The van der Waals surface area contributed by atoms with Gasteiger partial charge in [0, 0.05) is 0 Å². The molecule has 0 aromatic heterocycles. The first-order valence-electron chi connectivity index (χ1n) is 5.76. The van der Waals surface area contributed by atoms with Gasteiger partial charge in [0.15, 0.2) is 0 Å². The molecule has 0 spiro atoms. The molecule has 1 heterocycles. The fraction of sp³-hybridized carbons (Fsp3) is 1.00. The third-order valence-electron chi connectivity index (χ3n) is 4.45. The standard InChI is InChI=1S/C12H23P/c1-8(2)11-5-10-9(3)6-12(10,4)7-13-11/h8-11,13H,5-7H2,1-4H3. The van der Waals surface area contributed by atoms with E-state index in [9.17, 15) is 0 Å². The summed E-state index contributed by atoms with van der Waals surface area (Å²) in [5, 5.41) is 0. The van der Waals surface area contributed by atoms with Crippen molar-refractivity contribution in [2.45, 2.75) is 46.2 Å². The molecule has 5 atom stereocenters. The summed E-state index contributed by atoms with van der Waals surface area (Å²) < 4.78 is 0. The third kappa shape index (κ3) is 1.56. The number of fused-ring (bicyclic) bond motifs is 1. The molecule has 1 saturated heterocycles. The Morgan fingerprint density at radius 1 is 1.38 bits per heavy atom. The maximum Gasteiger partial charge on any atom is -0.0210 e. The molecule has 1 saturated carbocycles. The highest BCUT2D eigenvalue weighted by atomic mass is 31.1. The van der Waals surface area contributed by atoms with Crippen LogP contribution in [-0.4, -0.2) is 11.8 Å². The first kappa shape index (κ1) is 9.97. The van der Waals surface area contributed by atoms with Crippen molar-refractivity contribution in [1.29, 1.82) is 0 Å². The van der Waals surface area contributed by atoms with Gasteiger partial charge in [-0.1, -0.05) is 27.7 Å². The molecule has 0 nitrogen and oxygen atoms in total. The van der Waals surface area contributed by atoms with Gasteiger partial charge in [0.2, 0.25) is 0 Å². The second kappa shape index (κ2) is 3.23. The van der Waals surface area contributed by atoms with Gasteiger partial charge in [-0.2, -0.15) is 0 Å². The van der Waals surface area contributed by atoms with Crippen LogP contribution in [0.1, 0.15) is 40.5 Å². The summed E-state index contributed by atoms with van der Waals surface area (Å²) in [7, 11) is 1.25. The van der Waals surface area contributed by atoms with Crippen molar-refractivity contribution in [2.75, 3.05) is 6.16 Å². The van der Waals surface area contributed by atoms with Gasteiger partial charge < -0.3 is 0 Å². The average Bonchev–Trinajstić information content (AvgIpc) is 2.02. The molecular weight excluding hydrogens is 175 g/mol. The zero-order valence-electron chi connectivity index (χ0n) is 9.43. The van der Waals surface area contributed by atoms with E-state index in [4.69, 9.17) is 0 Å². The third-order valence-corrected chi connectivity index (χ3v) is 6.89. The van der Waals surface area contributed by atoms with E-state index in [2.05, 4.69) is 27.7 Å². The van der Waals surface area contributed by atoms with Gasteiger partial charge in [-0.3, -0.25) is 0 Å². The van der Waals surface area contributed by atoms with E-state index in [0.717, 1.165) is 28.8 Å². The van der Waals surface area contributed by atoms with Gasteiger partial charge in [-0.15, -0.1) is 8.58 Å². The molecule has 1 heteroatoms. The zero-order valence-corrected chi connectivity index (χ0v) is 10.4. The van der Waals surface area contributed by atoms with E-state index in [1.807, 2.05) is 0 Å². The quantitative estimate of drug-likeness (QED) is 0.563. The summed E-state index contributed by atoms with van der Waals surface area (Å²) in [6, 6.07) is 0. The van der Waals surface area contributed by atoms with Crippen LogP contribution in [0.5, 0.6) is 0 Å². The van der Waals surface area contributed by atoms with Gasteiger partial charge in [0.25, 0.3) is 0 Å². The Bertz CT molecular complexity index is 199. The van der Waals surface area contributed by atoms with Gasteiger partial charge in [0.1, 0.15) is 0 Å². The summed E-state index contributed by atoms with van der Waals surface area (Å²) in [4.78, 5) is 0. The van der Waals surface area contributed by atoms with Crippen molar-refractivity contribution >= 4 is 8.58 Å². The van der Waals surface area contributed by atoms with Gasteiger partial charge >= 0.3 is 0 Å². The lowest BCUT2D eigenvalue weighted by atomic mass is 9.54. The van der Waals surface area contributed by atoms with E-state index in [1.165, 1.54) is 27.6 Å². The summed E-state index contributed by atoms with van der Waals surface area (Å²) in [6.07, 6.45) is 4.58. The van der Waals surface area contributed by atoms with E-state index in [1.54, 1.807) is 0 Å². The fourth-order valence-electron chi connectivity index (χ4n) is 3.50. The first-order valence-corrected chi connectivity index (χ1v) is 7.05. The Kier molecular flexibility index (Phi) is 2.47. The topological polar surface area (TPSA) is 0 Å². The molecular formula is C12H23P. The van der Waals surface area contributed by atoms with Crippen LogP contribution >= 0.6 is 8.58 Å². The van der Waals surface area contributed by atoms with Crippen LogP contribution < -0.4 is 0 Å². The predicted molar refractivity (Wildman–Crippen MR) is 61.8 cm³/mol. The monoisotopic (exact) mass is 198 g/mol. The van der Waals surface area contributed by atoms with Crippen molar-refractivity contribution in [1.82, 2.24) is 0 Å². The summed E-state index contributed by atoms with van der Waals surface area (Å²) in [6.45, 7) is 9.80. The molecule has 2 aliphatic rings. The number of hydrogen-bond acceptors (Lipinski definition) is 0. The predicted octanol–water partition coefficient (Wildman–Crippen LogP) is 3.76. The van der Waals surface area contributed by atoms with Gasteiger partial charge in [-0.25, -0.2) is 0 Å². The van der Waals surface area contributed by atoms with Crippen molar-refractivity contribution in [3.63, 3.8) is 0 Å². The minimum atomic E-state index is 0.767. The molecule has 5 unspecified atom stereocenters. The largest absolute Gasteiger partial charge is 0.118 e. The molecule has 1 aliphatic heterocycles. The number of hydrogen-bond donors (Lipinski definition) is 0. The lowest BCUT2D eigenvalue weighted by molar-refractivity contribution is -0.0112. The van der Waals surface area contributed by atoms with E-state index in [-0.39, 0.29) is 0 Å². The maximum absolute atomic E-state index is 2.53. The van der Waals surface area contributed by atoms with Gasteiger partial charge in [0.05, 0.1) is 0 Å².